The molecule has 5 aliphatic rings. The molecular formula is C36H39F4N7O. The molecule has 9 rings (SSSR count). The van der Waals surface area contributed by atoms with Crippen LogP contribution < -0.4 is 20.7 Å². The van der Waals surface area contributed by atoms with Crippen molar-refractivity contribution in [2.75, 3.05) is 36.9 Å². The second-order valence-corrected chi connectivity index (χ2v) is 14.5. The maximum atomic E-state index is 17.3. The van der Waals surface area contributed by atoms with Gasteiger partial charge in [-0.3, -0.25) is 4.90 Å². The van der Waals surface area contributed by atoms with Crippen molar-refractivity contribution in [1.82, 2.24) is 25.2 Å². The van der Waals surface area contributed by atoms with Gasteiger partial charge in [-0.05, 0) is 99.0 Å². The minimum Gasteiger partial charge on any atom is -0.461 e. The first-order chi connectivity index (χ1) is 23.1. The predicted molar refractivity (Wildman–Crippen MR) is 176 cm³/mol. The van der Waals surface area contributed by atoms with Crippen LogP contribution in [0.2, 0.25) is 0 Å². The molecule has 4 fully saturated rings. The Morgan fingerprint density at radius 1 is 1.00 bits per heavy atom. The van der Waals surface area contributed by atoms with E-state index in [1.54, 1.807) is 23.1 Å². The highest BCUT2D eigenvalue weighted by Gasteiger charge is 2.60. The summed E-state index contributed by atoms with van der Waals surface area (Å²) in [6.07, 6.45) is 5.94. The summed E-state index contributed by atoms with van der Waals surface area (Å²) < 4.78 is 71.2. The third-order valence-electron chi connectivity index (χ3n) is 11.7. The summed E-state index contributed by atoms with van der Waals surface area (Å²) in [5.74, 6) is -4.79. The molecule has 0 saturated carbocycles. The molecule has 5 aliphatic heterocycles. The molecular weight excluding hydrogens is 622 g/mol. The normalized spacial score (nSPS) is 27.7. The number of aryl methyl sites for hydroxylation is 2. The molecule has 8 nitrogen and oxygen atoms in total. The number of nitrogens with one attached hydrogen (secondary N) is 1. The number of rotatable bonds is 5. The molecule has 0 aliphatic carbocycles. The van der Waals surface area contributed by atoms with E-state index in [1.165, 1.54) is 6.07 Å². The number of fused-ring (bicyclic) bond motifs is 7. The third-order valence-corrected chi connectivity index (χ3v) is 11.7. The molecule has 7 heterocycles. The van der Waals surface area contributed by atoms with Gasteiger partial charge in [0, 0.05) is 24.1 Å². The summed E-state index contributed by atoms with van der Waals surface area (Å²) in [5.41, 5.74) is 7.90. The number of piperazine rings is 1. The zero-order valence-corrected chi connectivity index (χ0v) is 27.0. The molecule has 3 N–H and O–H groups in total. The van der Waals surface area contributed by atoms with Crippen LogP contribution in [0.25, 0.3) is 32.9 Å². The first-order valence-electron chi connectivity index (χ1n) is 17.3. The van der Waals surface area contributed by atoms with Gasteiger partial charge in [-0.25, -0.2) is 27.9 Å². The Balaban J connectivity index is 1.27. The number of hydrogen-bond acceptors (Lipinski definition) is 8. The molecule has 252 valence electrons. The topological polar surface area (TPSA) is 92.4 Å². The number of ether oxygens (including phenoxy) is 1. The van der Waals surface area contributed by atoms with Gasteiger partial charge in [0.15, 0.2) is 17.4 Å². The summed E-state index contributed by atoms with van der Waals surface area (Å²) in [5, 5.41) is 4.19. The Hall–Kier alpha value is -3.77. The van der Waals surface area contributed by atoms with Crippen molar-refractivity contribution in [2.24, 2.45) is 0 Å². The van der Waals surface area contributed by atoms with Crippen LogP contribution in [-0.4, -0.2) is 69.3 Å². The number of halogens is 4. The molecule has 4 saturated heterocycles. The van der Waals surface area contributed by atoms with Crippen molar-refractivity contribution in [2.45, 2.75) is 94.3 Å². The number of aromatic nitrogens is 3. The highest BCUT2D eigenvalue weighted by Crippen LogP contribution is 2.49. The number of hydrogen-bond donors (Lipinski definition) is 2. The average Bonchev–Trinajstić information content (AvgIpc) is 3.72. The number of nitrogen functional groups attached to an aromatic ring is 1. The highest BCUT2D eigenvalue weighted by atomic mass is 19.2. The van der Waals surface area contributed by atoms with Gasteiger partial charge in [-0.1, -0.05) is 13.0 Å². The summed E-state index contributed by atoms with van der Waals surface area (Å²) in [6.45, 7) is 4.07. The molecule has 4 aromatic rings. The minimum absolute atomic E-state index is 0.00322. The lowest BCUT2D eigenvalue weighted by molar-refractivity contribution is 0.00892. The van der Waals surface area contributed by atoms with Crippen LogP contribution in [0.4, 0.5) is 29.1 Å². The van der Waals surface area contributed by atoms with E-state index in [0.29, 0.717) is 71.0 Å². The SMILES string of the molecule is CCc1c(F)ccc2cc(N)cc(-c3nc4c5c(nc(OCC67CCCN6CCC7)nc5c3F)N3C[C@@]5(F)CC[C@](F)(N5)[C@H]3CCC4)c12. The standard InChI is InChI=1S/C36H39F4N7O/c1-2-22-24(37)9-8-20-16-21(41)17-23(27(20)22)30-29(38)31-28-25(42-30)6-3-7-26-36(40)13-12-35(39,45-36)18-47(26)32(28)44-33(43-31)48-19-34-10-4-14-46(34)15-5-11-34/h8-9,16-17,26,45H,2-7,10-15,18-19,41H2,1H3/t26-,35-,36+/m1/s1. The van der Waals surface area contributed by atoms with Crippen LogP contribution >= 0.6 is 0 Å². The molecule has 0 radical (unpaired) electrons. The molecule has 0 unspecified atom stereocenters. The number of nitrogens with two attached hydrogens (primary N) is 1. The van der Waals surface area contributed by atoms with Gasteiger partial charge in [0.25, 0.3) is 0 Å². The van der Waals surface area contributed by atoms with E-state index >= 15 is 17.6 Å². The van der Waals surface area contributed by atoms with Crippen LogP contribution in [-0.2, 0) is 12.8 Å². The number of pyridine rings is 1. The highest BCUT2D eigenvalue weighted by molar-refractivity contribution is 6.03. The largest absolute Gasteiger partial charge is 0.461 e. The average molecular weight is 662 g/mol. The van der Waals surface area contributed by atoms with E-state index in [0.717, 1.165) is 38.8 Å². The van der Waals surface area contributed by atoms with E-state index in [-0.39, 0.29) is 53.8 Å². The second kappa shape index (κ2) is 10.6. The smallest absolute Gasteiger partial charge is 0.319 e. The minimum atomic E-state index is -1.96. The lowest BCUT2D eigenvalue weighted by atomic mass is 9.91. The summed E-state index contributed by atoms with van der Waals surface area (Å²) in [4.78, 5) is 18.5. The van der Waals surface area contributed by atoms with Crippen LogP contribution in [0.15, 0.2) is 24.3 Å². The zero-order chi connectivity index (χ0) is 33.0. The molecule has 2 aromatic heterocycles. The Morgan fingerprint density at radius 2 is 1.81 bits per heavy atom. The van der Waals surface area contributed by atoms with Crippen molar-refractivity contribution >= 4 is 33.2 Å². The maximum Gasteiger partial charge on any atom is 0.319 e. The van der Waals surface area contributed by atoms with Gasteiger partial charge >= 0.3 is 6.01 Å². The molecule has 3 atom stereocenters. The van der Waals surface area contributed by atoms with Crippen molar-refractivity contribution in [3.05, 3.63) is 47.2 Å². The summed E-state index contributed by atoms with van der Waals surface area (Å²) in [7, 11) is 0. The number of benzene rings is 2. The van der Waals surface area contributed by atoms with Gasteiger partial charge in [0.1, 0.15) is 29.5 Å². The van der Waals surface area contributed by atoms with Crippen LogP contribution in [0.5, 0.6) is 6.01 Å². The molecule has 0 spiro atoms. The fourth-order valence-corrected chi connectivity index (χ4v) is 9.51. The van der Waals surface area contributed by atoms with Crippen LogP contribution in [0.1, 0.15) is 69.5 Å². The van der Waals surface area contributed by atoms with Gasteiger partial charge in [0.2, 0.25) is 0 Å². The second-order valence-electron chi connectivity index (χ2n) is 14.5. The quantitative estimate of drug-likeness (QED) is 0.142. The van der Waals surface area contributed by atoms with E-state index in [9.17, 15) is 0 Å². The summed E-state index contributed by atoms with van der Waals surface area (Å²) >= 11 is 0. The Bertz CT molecular complexity index is 1980. The van der Waals surface area contributed by atoms with Crippen molar-refractivity contribution in [1.29, 1.82) is 0 Å². The lowest BCUT2D eigenvalue weighted by Crippen LogP contribution is -2.68. The van der Waals surface area contributed by atoms with E-state index in [1.807, 2.05) is 6.92 Å². The van der Waals surface area contributed by atoms with Gasteiger partial charge in [-0.15, -0.1) is 0 Å². The Labute approximate surface area is 276 Å². The van der Waals surface area contributed by atoms with Crippen molar-refractivity contribution in [3.8, 4) is 17.3 Å². The molecule has 48 heavy (non-hydrogen) atoms. The van der Waals surface area contributed by atoms with Gasteiger partial charge in [-0.2, -0.15) is 9.97 Å². The van der Waals surface area contributed by atoms with Crippen molar-refractivity contribution < 1.29 is 22.3 Å². The first kappa shape index (κ1) is 30.3. The van der Waals surface area contributed by atoms with Gasteiger partial charge < -0.3 is 15.4 Å². The number of alkyl halides is 2. The molecule has 2 aromatic carbocycles. The fraction of sp³-hybridized carbons (Fsp3) is 0.528. The zero-order valence-electron chi connectivity index (χ0n) is 27.0. The Morgan fingerprint density at radius 3 is 2.60 bits per heavy atom. The number of nitrogens with zero attached hydrogens (tertiary/aromatic N) is 5. The van der Waals surface area contributed by atoms with Crippen molar-refractivity contribution in [3.63, 3.8) is 0 Å². The fourth-order valence-electron chi connectivity index (χ4n) is 9.51. The van der Waals surface area contributed by atoms with E-state index in [2.05, 4.69) is 10.2 Å². The third kappa shape index (κ3) is 4.43. The van der Waals surface area contributed by atoms with Crippen LogP contribution in [0.3, 0.4) is 0 Å². The van der Waals surface area contributed by atoms with Crippen LogP contribution in [0, 0.1) is 11.6 Å². The Kier molecular flexibility index (Phi) is 6.70. The monoisotopic (exact) mass is 661 g/mol. The van der Waals surface area contributed by atoms with E-state index in [4.69, 9.17) is 25.4 Å². The van der Waals surface area contributed by atoms with Gasteiger partial charge in [0.05, 0.1) is 29.2 Å². The summed E-state index contributed by atoms with van der Waals surface area (Å²) in [6, 6.07) is 5.67. The number of anilines is 2. The molecule has 2 bridgehead atoms. The first-order valence-corrected chi connectivity index (χ1v) is 17.3. The molecule has 12 heteroatoms. The lowest BCUT2D eigenvalue weighted by Gasteiger charge is -2.47. The maximum absolute atomic E-state index is 17.3. The molecule has 0 amide bonds. The van der Waals surface area contributed by atoms with E-state index < -0.39 is 23.4 Å². The predicted octanol–water partition coefficient (Wildman–Crippen LogP) is 6.51.